The fourth-order valence-electron chi connectivity index (χ4n) is 1.01. The van der Waals surface area contributed by atoms with Gasteiger partial charge in [0, 0.05) is 6.26 Å². The molecule has 1 atom stereocenters. The van der Waals surface area contributed by atoms with E-state index in [9.17, 15) is 8.42 Å². The Kier molecular flexibility index (Phi) is 1.43. The van der Waals surface area contributed by atoms with Crippen molar-refractivity contribution >= 4 is 9.84 Å². The highest BCUT2D eigenvalue weighted by atomic mass is 32.2. The van der Waals surface area contributed by atoms with Crippen LogP contribution in [0.4, 0.5) is 0 Å². The molecule has 1 saturated carbocycles. The molecule has 0 N–H and O–H groups in total. The van der Waals surface area contributed by atoms with Gasteiger partial charge in [-0.1, -0.05) is 0 Å². The Morgan fingerprint density at radius 3 is 2.00 bits per heavy atom. The number of hydrogen-bond donors (Lipinski definition) is 0. The second-order valence-corrected chi connectivity index (χ2v) is 4.95. The highest BCUT2D eigenvalue weighted by molar-refractivity contribution is 7.91. The van der Waals surface area contributed by atoms with Gasteiger partial charge in [-0.3, -0.25) is 0 Å². The lowest BCUT2D eigenvalue weighted by Crippen LogP contribution is -2.11. The first-order valence-electron chi connectivity index (χ1n) is 2.97. The molecule has 1 aliphatic carbocycles. The van der Waals surface area contributed by atoms with Gasteiger partial charge in [-0.25, -0.2) is 8.42 Å². The Balaban J connectivity index is 2.95. The third-order valence-corrected chi connectivity index (χ3v) is 3.42. The van der Waals surface area contributed by atoms with Crippen LogP contribution in [0.3, 0.4) is 0 Å². The molecule has 0 aromatic carbocycles. The minimum Gasteiger partial charge on any atom is -0.229 e. The van der Waals surface area contributed by atoms with Gasteiger partial charge < -0.3 is 0 Å². The summed E-state index contributed by atoms with van der Waals surface area (Å²) in [6.07, 6.45) is 1.22. The van der Waals surface area contributed by atoms with Gasteiger partial charge in [0.2, 0.25) is 0 Å². The summed E-state index contributed by atoms with van der Waals surface area (Å²) in [6, 6.07) is 3.44. The second kappa shape index (κ2) is 1.96. The van der Waals surface area contributed by atoms with E-state index < -0.39 is 20.5 Å². The van der Waals surface area contributed by atoms with Crippen LogP contribution in [0.5, 0.6) is 0 Å². The monoisotopic (exact) mass is 170 g/mol. The molecule has 58 valence electrons. The number of sulfone groups is 1. The molecule has 0 aromatic heterocycles. The SMILES string of the molecule is CS(=O)(=O)[C@H]1CC1(C#N)C#N. The molecule has 1 rings (SSSR count). The molecule has 0 spiro atoms. The summed E-state index contributed by atoms with van der Waals surface area (Å²) in [6.45, 7) is 0. The predicted molar refractivity (Wildman–Crippen MR) is 36.9 cm³/mol. The molecular formula is C6H6N2O2S. The largest absolute Gasteiger partial charge is 0.229 e. The fourth-order valence-corrected chi connectivity index (χ4v) is 2.41. The van der Waals surface area contributed by atoms with Crippen molar-refractivity contribution in [2.24, 2.45) is 5.41 Å². The summed E-state index contributed by atoms with van der Waals surface area (Å²) in [4.78, 5) is 0. The zero-order valence-corrected chi connectivity index (χ0v) is 6.72. The Bertz CT molecular complexity index is 343. The van der Waals surface area contributed by atoms with Gasteiger partial charge in [0.25, 0.3) is 0 Å². The maximum absolute atomic E-state index is 10.8. The molecule has 5 heteroatoms. The molecule has 0 aromatic rings. The van der Waals surface area contributed by atoms with Crippen molar-refractivity contribution in [1.29, 1.82) is 10.5 Å². The van der Waals surface area contributed by atoms with E-state index in [0.29, 0.717) is 0 Å². The van der Waals surface area contributed by atoms with Gasteiger partial charge in [-0.15, -0.1) is 0 Å². The topological polar surface area (TPSA) is 81.7 Å². The number of nitriles is 2. The van der Waals surface area contributed by atoms with Crippen LogP contribution in [0, 0.1) is 28.1 Å². The Morgan fingerprint density at radius 2 is 1.91 bits per heavy atom. The molecule has 1 aliphatic rings. The first kappa shape index (κ1) is 8.03. The number of hydrogen-bond acceptors (Lipinski definition) is 4. The predicted octanol–water partition coefficient (Wildman–Crippen LogP) is -0.163. The fraction of sp³-hybridized carbons (Fsp3) is 0.667. The highest BCUT2D eigenvalue weighted by Crippen LogP contribution is 2.49. The molecular weight excluding hydrogens is 164 g/mol. The van der Waals surface area contributed by atoms with Crippen LogP contribution in [0.25, 0.3) is 0 Å². The van der Waals surface area contributed by atoms with Gasteiger partial charge in [-0.05, 0) is 6.42 Å². The zero-order valence-electron chi connectivity index (χ0n) is 5.90. The lowest BCUT2D eigenvalue weighted by Gasteiger charge is -1.93. The van der Waals surface area contributed by atoms with Crippen molar-refractivity contribution < 1.29 is 8.42 Å². The first-order valence-corrected chi connectivity index (χ1v) is 4.93. The molecule has 11 heavy (non-hydrogen) atoms. The number of rotatable bonds is 1. The third kappa shape index (κ3) is 1.08. The van der Waals surface area contributed by atoms with E-state index in [4.69, 9.17) is 10.5 Å². The van der Waals surface area contributed by atoms with Crippen molar-refractivity contribution in [3.8, 4) is 12.1 Å². The van der Waals surface area contributed by atoms with E-state index in [1.807, 2.05) is 0 Å². The maximum atomic E-state index is 10.8. The van der Waals surface area contributed by atoms with Crippen molar-refractivity contribution in [3.05, 3.63) is 0 Å². The number of nitrogens with zero attached hydrogens (tertiary/aromatic N) is 2. The maximum Gasteiger partial charge on any atom is 0.161 e. The van der Waals surface area contributed by atoms with Gasteiger partial charge in [-0.2, -0.15) is 10.5 Å². The minimum absolute atomic E-state index is 0.166. The quantitative estimate of drug-likeness (QED) is 0.547. The lowest BCUT2D eigenvalue weighted by molar-refractivity contribution is 0.597. The normalized spacial score (nSPS) is 26.6. The minimum atomic E-state index is -3.21. The van der Waals surface area contributed by atoms with E-state index in [1.54, 1.807) is 12.1 Å². The smallest absolute Gasteiger partial charge is 0.161 e. The van der Waals surface area contributed by atoms with Gasteiger partial charge in [0.1, 0.15) is 0 Å². The molecule has 0 radical (unpaired) electrons. The molecule has 0 saturated heterocycles. The zero-order chi connectivity index (χ0) is 8.70. The third-order valence-electron chi connectivity index (χ3n) is 1.81. The van der Waals surface area contributed by atoms with Crippen LogP contribution in [0.1, 0.15) is 6.42 Å². The molecule has 0 bridgehead atoms. The van der Waals surface area contributed by atoms with Gasteiger partial charge in [0.15, 0.2) is 15.3 Å². The van der Waals surface area contributed by atoms with Gasteiger partial charge in [0.05, 0.1) is 17.4 Å². The summed E-state index contributed by atoms with van der Waals surface area (Å²) in [5, 5.41) is 16.1. The summed E-state index contributed by atoms with van der Waals surface area (Å²) >= 11 is 0. The van der Waals surface area contributed by atoms with Crippen molar-refractivity contribution in [2.75, 3.05) is 6.26 Å². The molecule has 4 nitrogen and oxygen atoms in total. The molecule has 0 heterocycles. The Labute approximate surface area is 65.0 Å². The molecule has 0 aliphatic heterocycles. The average molecular weight is 170 g/mol. The Hall–Kier alpha value is -1.07. The first-order chi connectivity index (χ1) is 4.96. The molecule has 0 unspecified atom stereocenters. The summed E-state index contributed by atoms with van der Waals surface area (Å²) < 4.78 is 21.6. The van der Waals surface area contributed by atoms with Gasteiger partial charge >= 0.3 is 0 Å². The summed E-state index contributed by atoms with van der Waals surface area (Å²) in [7, 11) is -3.21. The molecule has 1 fully saturated rings. The molecule has 0 amide bonds. The van der Waals surface area contributed by atoms with E-state index in [2.05, 4.69) is 0 Å². The van der Waals surface area contributed by atoms with Crippen LogP contribution < -0.4 is 0 Å². The van der Waals surface area contributed by atoms with E-state index >= 15 is 0 Å². The highest BCUT2D eigenvalue weighted by Gasteiger charge is 2.61. The van der Waals surface area contributed by atoms with Crippen molar-refractivity contribution in [2.45, 2.75) is 11.7 Å². The Morgan fingerprint density at radius 1 is 1.45 bits per heavy atom. The van der Waals surface area contributed by atoms with Crippen LogP contribution in [0.15, 0.2) is 0 Å². The van der Waals surface area contributed by atoms with Crippen LogP contribution in [-0.4, -0.2) is 19.9 Å². The van der Waals surface area contributed by atoms with Crippen LogP contribution in [0.2, 0.25) is 0 Å². The second-order valence-electron chi connectivity index (χ2n) is 2.72. The van der Waals surface area contributed by atoms with Crippen molar-refractivity contribution in [1.82, 2.24) is 0 Å². The standard InChI is InChI=1S/C6H6N2O2S/c1-11(9,10)5-2-6(5,3-7)4-8/h5H,2H2,1H3/t5-/m0/s1. The average Bonchev–Trinajstić information content (AvgIpc) is 2.61. The summed E-state index contributed by atoms with van der Waals surface area (Å²) in [5.41, 5.74) is -1.24. The summed E-state index contributed by atoms with van der Waals surface area (Å²) in [5.74, 6) is 0. The van der Waals surface area contributed by atoms with Crippen LogP contribution >= 0.6 is 0 Å². The van der Waals surface area contributed by atoms with Crippen molar-refractivity contribution in [3.63, 3.8) is 0 Å². The van der Waals surface area contributed by atoms with E-state index in [-0.39, 0.29) is 6.42 Å². The van der Waals surface area contributed by atoms with Crippen LogP contribution in [-0.2, 0) is 9.84 Å². The van der Waals surface area contributed by atoms with E-state index in [0.717, 1.165) is 6.26 Å². The van der Waals surface area contributed by atoms with E-state index in [1.165, 1.54) is 0 Å². The lowest BCUT2D eigenvalue weighted by atomic mass is 10.2.